The molecule has 0 bridgehead atoms. The quantitative estimate of drug-likeness (QED) is 0.162. The van der Waals surface area contributed by atoms with E-state index in [2.05, 4.69) is 267 Å². The average Bonchev–Trinajstić information content (AvgIpc) is 3.72. The number of hydrogen-bond acceptors (Lipinski definition) is 3. The molecule has 0 saturated heterocycles. The van der Waals surface area contributed by atoms with E-state index in [4.69, 9.17) is 9.97 Å². The van der Waals surface area contributed by atoms with Gasteiger partial charge in [-0.2, -0.15) is 0 Å². The van der Waals surface area contributed by atoms with Crippen molar-refractivity contribution in [2.75, 3.05) is 0 Å². The summed E-state index contributed by atoms with van der Waals surface area (Å²) in [4.78, 5) is 10.7. The molecule has 0 atom stereocenters. The van der Waals surface area contributed by atoms with Crippen LogP contribution < -0.4 is 0 Å². The largest absolute Gasteiger partial charge is 0.507 e. The Kier molecular flexibility index (Phi) is 14.4. The Labute approximate surface area is 456 Å². The molecular weight excluding hydrogens is 1080 g/mol. The first-order valence-corrected chi connectivity index (χ1v) is 26.0. The summed E-state index contributed by atoms with van der Waals surface area (Å²) in [6.07, 6.45) is 1.91. The van der Waals surface area contributed by atoms with Gasteiger partial charge in [-0.3, -0.25) is 9.55 Å². The summed E-state index contributed by atoms with van der Waals surface area (Å²) < 4.78 is 2.28. The molecule has 0 unspecified atom stereocenters. The van der Waals surface area contributed by atoms with E-state index < -0.39 is 0 Å². The maximum atomic E-state index is 12.6. The minimum Gasteiger partial charge on any atom is -0.507 e. The third kappa shape index (κ3) is 10.9. The molecule has 5 heteroatoms. The summed E-state index contributed by atoms with van der Waals surface area (Å²) in [6.45, 7) is 36.0. The Balaban J connectivity index is 0.00000729. The van der Waals surface area contributed by atoms with Crippen molar-refractivity contribution in [2.45, 2.75) is 138 Å². The second-order valence-electron chi connectivity index (χ2n) is 25.5. The van der Waals surface area contributed by atoms with E-state index in [0.717, 1.165) is 66.9 Å². The second kappa shape index (κ2) is 19.7. The Hall–Kier alpha value is -6.35. The fourth-order valence-electron chi connectivity index (χ4n) is 9.83. The van der Waals surface area contributed by atoms with Gasteiger partial charge in [-0.15, -0.1) is 29.3 Å². The van der Waals surface area contributed by atoms with E-state index in [-0.39, 0.29) is 53.9 Å². The molecular formula is C69H74N3OPt-. The SMILES string of the molecule is Cc1cc(-c2cc(C(C)(C)C)cc(C(C)(C)C)c2)ccc1-n1c(-c2cc(C(C)(C)C)cc(C(C)(C)C)c2O)nc2c(-c3[c-]c(-c4cc(-c5ccc(-c6ccccc6)cc5)ccn4)cc(C(C)(C)C)c3)cccc21.[Pt]. The first-order valence-electron chi connectivity index (χ1n) is 26.0. The molecule has 382 valence electrons. The molecule has 0 aliphatic rings. The molecule has 4 nitrogen and oxygen atoms in total. The monoisotopic (exact) mass is 1160 g/mol. The maximum Gasteiger partial charge on any atom is 0.148 e. The van der Waals surface area contributed by atoms with Gasteiger partial charge in [0.2, 0.25) is 0 Å². The summed E-state index contributed by atoms with van der Waals surface area (Å²) in [6, 6.07) is 56.7. The molecule has 0 aliphatic carbocycles. The molecule has 1 N–H and O–H groups in total. The van der Waals surface area contributed by atoms with Crippen LogP contribution in [0.2, 0.25) is 0 Å². The minimum absolute atomic E-state index is 0. The van der Waals surface area contributed by atoms with Crippen molar-refractivity contribution in [1.29, 1.82) is 0 Å². The first kappa shape index (κ1) is 53.9. The number of pyridine rings is 1. The molecule has 0 amide bonds. The molecule has 0 fully saturated rings. The van der Waals surface area contributed by atoms with Crippen LogP contribution in [-0.4, -0.2) is 19.6 Å². The van der Waals surface area contributed by atoms with Gasteiger partial charge in [-0.1, -0.05) is 218 Å². The van der Waals surface area contributed by atoms with Crippen LogP contribution in [0.1, 0.15) is 137 Å². The number of benzene rings is 7. The number of phenols is 1. The number of aromatic hydroxyl groups is 1. The van der Waals surface area contributed by atoms with E-state index in [0.29, 0.717) is 11.4 Å². The number of rotatable bonds is 7. The predicted molar refractivity (Wildman–Crippen MR) is 310 cm³/mol. The number of hydrogen-bond donors (Lipinski definition) is 1. The van der Waals surface area contributed by atoms with Gasteiger partial charge in [0.05, 0.1) is 22.3 Å². The van der Waals surface area contributed by atoms with Crippen molar-refractivity contribution in [2.24, 2.45) is 0 Å². The first-order chi connectivity index (χ1) is 34.1. The summed E-state index contributed by atoms with van der Waals surface area (Å²) in [5.74, 6) is 0.947. The number of phenolic OH excluding ortho intramolecular Hbond substituents is 1. The van der Waals surface area contributed by atoms with Crippen LogP contribution in [0.25, 0.3) is 83.9 Å². The zero-order chi connectivity index (χ0) is 52.6. The van der Waals surface area contributed by atoms with Gasteiger partial charge >= 0.3 is 0 Å². The molecule has 7 aromatic carbocycles. The molecule has 0 saturated carbocycles. The van der Waals surface area contributed by atoms with Crippen molar-refractivity contribution in [1.82, 2.24) is 14.5 Å². The third-order valence-corrected chi connectivity index (χ3v) is 14.5. The van der Waals surface area contributed by atoms with Crippen molar-refractivity contribution >= 4 is 11.0 Å². The van der Waals surface area contributed by atoms with Gasteiger partial charge in [-0.25, -0.2) is 4.98 Å². The van der Waals surface area contributed by atoms with Crippen molar-refractivity contribution < 1.29 is 26.2 Å². The Morgan fingerprint density at radius 2 is 0.973 bits per heavy atom. The van der Waals surface area contributed by atoms with Crippen LogP contribution in [0.3, 0.4) is 0 Å². The summed E-state index contributed by atoms with van der Waals surface area (Å²) >= 11 is 0. The fraction of sp³-hybridized carbons (Fsp3) is 0.304. The smallest absolute Gasteiger partial charge is 0.148 e. The standard InChI is InChI=1S/C69H74N3O.Pt/c1-43-33-47(49-35-53(66(5,6)7)40-54(36-49)67(8,9)10)29-30-60(43)72-61-24-20-23-56(62(61)71-64(72)57-41-55(68(11,12)13)42-58(63(57)73)69(14,15)16)50-34-51(38-52(37-50)65(2,3)4)59-39-48(31-32-70-59)46-27-25-45(26-28-46)44-21-18-17-19-22-44;/h17-33,35-42,73H,1-16H3;/q-1;. The van der Waals surface area contributed by atoms with Crippen molar-refractivity contribution in [3.05, 3.63) is 191 Å². The molecule has 0 spiro atoms. The topological polar surface area (TPSA) is 50.9 Å². The zero-order valence-corrected chi connectivity index (χ0v) is 48.8. The Morgan fingerprint density at radius 3 is 1.55 bits per heavy atom. The fourth-order valence-corrected chi connectivity index (χ4v) is 9.83. The number of imidazole rings is 1. The van der Waals surface area contributed by atoms with Gasteiger partial charge in [0, 0.05) is 38.5 Å². The maximum absolute atomic E-state index is 12.6. The Bertz CT molecular complexity index is 3490. The van der Waals surface area contributed by atoms with Crippen LogP contribution in [0.4, 0.5) is 0 Å². The minimum atomic E-state index is -0.330. The van der Waals surface area contributed by atoms with E-state index >= 15 is 0 Å². The van der Waals surface area contributed by atoms with Crippen LogP contribution in [0, 0.1) is 13.0 Å². The van der Waals surface area contributed by atoms with E-state index in [1.54, 1.807) is 0 Å². The number of aryl methyl sites for hydroxylation is 1. The van der Waals surface area contributed by atoms with Gasteiger partial charge in [-0.05, 0) is 120 Å². The Morgan fingerprint density at radius 1 is 0.446 bits per heavy atom. The van der Waals surface area contributed by atoms with Crippen LogP contribution >= 0.6 is 0 Å². The summed E-state index contributed by atoms with van der Waals surface area (Å²) in [5, 5.41) is 12.6. The van der Waals surface area contributed by atoms with Gasteiger partial charge in [0.15, 0.2) is 0 Å². The molecule has 0 radical (unpaired) electrons. The van der Waals surface area contributed by atoms with Gasteiger partial charge in [0.1, 0.15) is 11.6 Å². The molecule has 74 heavy (non-hydrogen) atoms. The van der Waals surface area contributed by atoms with E-state index in [9.17, 15) is 5.11 Å². The third-order valence-electron chi connectivity index (χ3n) is 14.5. The van der Waals surface area contributed by atoms with E-state index in [1.807, 2.05) is 6.20 Å². The van der Waals surface area contributed by atoms with Gasteiger partial charge < -0.3 is 5.11 Å². The normalized spacial score (nSPS) is 12.5. The van der Waals surface area contributed by atoms with Crippen LogP contribution in [-0.2, 0) is 48.1 Å². The van der Waals surface area contributed by atoms with Crippen LogP contribution in [0.5, 0.6) is 5.75 Å². The number of aromatic nitrogens is 3. The molecule has 2 heterocycles. The predicted octanol–water partition coefficient (Wildman–Crippen LogP) is 18.7. The number of fused-ring (bicyclic) bond motifs is 1. The second-order valence-corrected chi connectivity index (χ2v) is 25.5. The van der Waals surface area contributed by atoms with E-state index in [1.165, 1.54) is 38.9 Å². The number of nitrogens with zero attached hydrogens (tertiary/aromatic N) is 3. The van der Waals surface area contributed by atoms with Crippen molar-refractivity contribution in [3.8, 4) is 78.6 Å². The van der Waals surface area contributed by atoms with Crippen LogP contribution in [0.15, 0.2) is 152 Å². The molecule has 0 aliphatic heterocycles. The van der Waals surface area contributed by atoms with Gasteiger partial charge in [0.25, 0.3) is 0 Å². The summed E-state index contributed by atoms with van der Waals surface area (Å²) in [7, 11) is 0. The molecule has 9 aromatic rings. The number of para-hydroxylation sites is 1. The molecule has 2 aromatic heterocycles. The average molecular weight is 1160 g/mol. The summed E-state index contributed by atoms with van der Waals surface area (Å²) in [5.41, 5.74) is 20.4. The molecule has 9 rings (SSSR count). The van der Waals surface area contributed by atoms with Crippen molar-refractivity contribution in [3.63, 3.8) is 0 Å². The zero-order valence-electron chi connectivity index (χ0n) is 46.5.